The molecule has 2 atom stereocenters. The van der Waals surface area contributed by atoms with Gasteiger partial charge in [0, 0.05) is 5.92 Å². The van der Waals surface area contributed by atoms with Crippen molar-refractivity contribution in [2.24, 2.45) is 17.8 Å². The summed E-state index contributed by atoms with van der Waals surface area (Å²) < 4.78 is 0. The zero-order valence-corrected chi connectivity index (χ0v) is 6.92. The second kappa shape index (κ2) is 2.78. The van der Waals surface area contributed by atoms with E-state index in [0.717, 1.165) is 0 Å². The van der Waals surface area contributed by atoms with Crippen LogP contribution in [-0.4, -0.2) is 5.91 Å². The van der Waals surface area contributed by atoms with E-state index in [1.807, 2.05) is 0 Å². The Morgan fingerprint density at radius 2 is 1.92 bits per heavy atom. The molecule has 2 saturated carbocycles. The Balaban J connectivity index is 1.92. The smallest absolute Gasteiger partial charge is 0.236 e. The largest absolute Gasteiger partial charge is 0.274 e. The lowest BCUT2D eigenvalue weighted by Crippen LogP contribution is -2.20. The van der Waals surface area contributed by atoms with Crippen LogP contribution < -0.4 is 5.32 Å². The lowest BCUT2D eigenvalue weighted by molar-refractivity contribution is -0.121. The predicted octanol–water partition coefficient (Wildman–Crippen LogP) is 1.02. The first-order chi connectivity index (χ1) is 5.84. The molecule has 2 aliphatic rings. The number of nitrogens with one attached hydrogen (secondary N) is 1. The lowest BCUT2D eigenvalue weighted by atomic mass is 10.0. The SMILES string of the molecule is N#CNC(=O)C1C2CCCCC21. The molecule has 2 unspecified atom stereocenters. The van der Waals surface area contributed by atoms with E-state index in [-0.39, 0.29) is 11.8 Å². The first-order valence-corrected chi connectivity index (χ1v) is 4.53. The van der Waals surface area contributed by atoms with Crippen LogP contribution >= 0.6 is 0 Å². The van der Waals surface area contributed by atoms with Gasteiger partial charge in [-0.3, -0.25) is 10.1 Å². The highest BCUT2D eigenvalue weighted by atomic mass is 16.2. The van der Waals surface area contributed by atoms with Gasteiger partial charge in [0.2, 0.25) is 5.91 Å². The van der Waals surface area contributed by atoms with Crippen LogP contribution in [0.1, 0.15) is 25.7 Å². The molecule has 2 rings (SSSR count). The third kappa shape index (κ3) is 1.08. The minimum atomic E-state index is -0.0469. The summed E-state index contributed by atoms with van der Waals surface area (Å²) >= 11 is 0. The van der Waals surface area contributed by atoms with Crippen molar-refractivity contribution >= 4 is 5.91 Å². The minimum Gasteiger partial charge on any atom is -0.274 e. The van der Waals surface area contributed by atoms with Crippen molar-refractivity contribution in [3.63, 3.8) is 0 Å². The molecule has 0 spiro atoms. The lowest BCUT2D eigenvalue weighted by Gasteiger charge is -2.04. The molecule has 12 heavy (non-hydrogen) atoms. The van der Waals surface area contributed by atoms with Crippen LogP contribution in [0.5, 0.6) is 0 Å². The summed E-state index contributed by atoms with van der Waals surface area (Å²) in [6.45, 7) is 0. The van der Waals surface area contributed by atoms with Crippen molar-refractivity contribution in [3.8, 4) is 6.19 Å². The van der Waals surface area contributed by atoms with Crippen molar-refractivity contribution < 1.29 is 4.79 Å². The average molecular weight is 164 g/mol. The Bertz CT molecular complexity index is 231. The molecule has 0 aromatic carbocycles. The standard InChI is InChI=1S/C9H12N2O/c10-5-11-9(12)8-6-3-1-2-4-7(6)8/h6-8H,1-4H2,(H,11,12). The third-order valence-electron chi connectivity index (χ3n) is 3.14. The highest BCUT2D eigenvalue weighted by Gasteiger charge is 2.54. The van der Waals surface area contributed by atoms with Crippen LogP contribution in [0.4, 0.5) is 0 Å². The zero-order valence-electron chi connectivity index (χ0n) is 6.92. The normalized spacial score (nSPS) is 37.8. The van der Waals surface area contributed by atoms with Crippen LogP contribution in [0.3, 0.4) is 0 Å². The molecule has 0 saturated heterocycles. The summed E-state index contributed by atoms with van der Waals surface area (Å²) in [6.07, 6.45) is 6.60. The van der Waals surface area contributed by atoms with Crippen LogP contribution in [-0.2, 0) is 4.79 Å². The molecule has 3 nitrogen and oxygen atoms in total. The van der Waals surface area contributed by atoms with Gasteiger partial charge in [-0.2, -0.15) is 5.26 Å². The van der Waals surface area contributed by atoms with E-state index < -0.39 is 0 Å². The van der Waals surface area contributed by atoms with Crippen molar-refractivity contribution in [1.82, 2.24) is 5.32 Å². The van der Waals surface area contributed by atoms with E-state index in [1.54, 1.807) is 6.19 Å². The summed E-state index contributed by atoms with van der Waals surface area (Å²) in [7, 11) is 0. The number of carbonyl (C=O) groups is 1. The molecule has 1 N–H and O–H groups in total. The van der Waals surface area contributed by atoms with E-state index in [9.17, 15) is 4.79 Å². The van der Waals surface area contributed by atoms with E-state index in [2.05, 4.69) is 5.32 Å². The monoisotopic (exact) mass is 164 g/mol. The van der Waals surface area contributed by atoms with Gasteiger partial charge in [-0.25, -0.2) is 0 Å². The summed E-state index contributed by atoms with van der Waals surface area (Å²) in [5.41, 5.74) is 0. The van der Waals surface area contributed by atoms with Gasteiger partial charge in [0.25, 0.3) is 0 Å². The van der Waals surface area contributed by atoms with Gasteiger partial charge in [0.05, 0.1) is 0 Å². The maximum absolute atomic E-state index is 11.2. The van der Waals surface area contributed by atoms with Gasteiger partial charge >= 0.3 is 0 Å². The quantitative estimate of drug-likeness (QED) is 0.464. The molecular formula is C9H12N2O. The van der Waals surface area contributed by atoms with Crippen LogP contribution in [0.2, 0.25) is 0 Å². The second-order valence-corrected chi connectivity index (χ2v) is 3.74. The topological polar surface area (TPSA) is 52.9 Å². The Labute approximate surface area is 71.8 Å². The molecule has 64 valence electrons. The van der Waals surface area contributed by atoms with Crippen molar-refractivity contribution in [3.05, 3.63) is 0 Å². The Morgan fingerprint density at radius 1 is 1.33 bits per heavy atom. The summed E-state index contributed by atoms with van der Waals surface area (Å²) in [6, 6.07) is 0. The minimum absolute atomic E-state index is 0.0469. The summed E-state index contributed by atoms with van der Waals surface area (Å²) in [4.78, 5) is 11.2. The molecule has 0 bridgehead atoms. The van der Waals surface area contributed by atoms with Gasteiger partial charge in [-0.1, -0.05) is 12.8 Å². The molecule has 0 aromatic rings. The van der Waals surface area contributed by atoms with Gasteiger partial charge < -0.3 is 0 Å². The van der Waals surface area contributed by atoms with Crippen molar-refractivity contribution in [2.75, 3.05) is 0 Å². The fourth-order valence-corrected chi connectivity index (χ4v) is 2.52. The maximum atomic E-state index is 11.2. The van der Waals surface area contributed by atoms with E-state index in [0.29, 0.717) is 11.8 Å². The zero-order chi connectivity index (χ0) is 8.55. The fraction of sp³-hybridized carbons (Fsp3) is 0.778. The first kappa shape index (κ1) is 7.60. The van der Waals surface area contributed by atoms with Gasteiger partial charge in [-0.15, -0.1) is 0 Å². The fourth-order valence-electron chi connectivity index (χ4n) is 2.52. The number of rotatable bonds is 1. The third-order valence-corrected chi connectivity index (χ3v) is 3.14. The number of fused-ring (bicyclic) bond motifs is 1. The summed E-state index contributed by atoms with van der Waals surface area (Å²) in [5.74, 6) is 1.33. The van der Waals surface area contributed by atoms with Gasteiger partial charge in [-0.05, 0) is 24.7 Å². The molecule has 0 aromatic heterocycles. The Kier molecular flexibility index (Phi) is 1.76. The molecule has 3 heteroatoms. The summed E-state index contributed by atoms with van der Waals surface area (Å²) in [5, 5.41) is 10.5. The highest BCUT2D eigenvalue weighted by molar-refractivity contribution is 5.83. The van der Waals surface area contributed by atoms with E-state index >= 15 is 0 Å². The number of hydrogen-bond acceptors (Lipinski definition) is 2. The van der Waals surface area contributed by atoms with Gasteiger partial charge in [0.15, 0.2) is 6.19 Å². The second-order valence-electron chi connectivity index (χ2n) is 3.74. The molecule has 0 aliphatic heterocycles. The Hall–Kier alpha value is -1.04. The van der Waals surface area contributed by atoms with E-state index in [4.69, 9.17) is 5.26 Å². The molecule has 0 heterocycles. The maximum Gasteiger partial charge on any atom is 0.236 e. The number of nitriles is 1. The van der Waals surface area contributed by atoms with Gasteiger partial charge in [0.1, 0.15) is 0 Å². The molecule has 0 radical (unpaired) electrons. The molecule has 1 amide bonds. The molecular weight excluding hydrogens is 152 g/mol. The predicted molar refractivity (Wildman–Crippen MR) is 42.7 cm³/mol. The first-order valence-electron chi connectivity index (χ1n) is 4.53. The van der Waals surface area contributed by atoms with Crippen LogP contribution in [0, 0.1) is 29.2 Å². The molecule has 2 fully saturated rings. The van der Waals surface area contributed by atoms with Crippen molar-refractivity contribution in [2.45, 2.75) is 25.7 Å². The number of hydrogen-bond donors (Lipinski definition) is 1. The van der Waals surface area contributed by atoms with E-state index in [1.165, 1.54) is 25.7 Å². The number of nitrogens with zero attached hydrogens (tertiary/aromatic N) is 1. The van der Waals surface area contributed by atoms with Crippen LogP contribution in [0.15, 0.2) is 0 Å². The highest BCUT2D eigenvalue weighted by Crippen LogP contribution is 2.55. The molecule has 2 aliphatic carbocycles. The number of amides is 1. The number of carbonyl (C=O) groups excluding carboxylic acids is 1. The van der Waals surface area contributed by atoms with Crippen LogP contribution in [0.25, 0.3) is 0 Å². The van der Waals surface area contributed by atoms with Crippen molar-refractivity contribution in [1.29, 1.82) is 5.26 Å². The average Bonchev–Trinajstić information content (AvgIpc) is 2.78. The Morgan fingerprint density at radius 3 is 2.42 bits per heavy atom.